The van der Waals surface area contributed by atoms with Gasteiger partial charge in [0, 0.05) is 24.9 Å². The third-order valence-corrected chi connectivity index (χ3v) is 6.88. The molecule has 1 fully saturated rings. The molecular formula is C17H19F3N4O2S2. The first kappa shape index (κ1) is 20.9. The number of anilines is 1. The van der Waals surface area contributed by atoms with Crippen LogP contribution in [0.4, 0.5) is 19.0 Å². The van der Waals surface area contributed by atoms with Crippen LogP contribution in [0.5, 0.6) is 0 Å². The Balaban J connectivity index is 1.54. The van der Waals surface area contributed by atoms with Crippen LogP contribution in [0.25, 0.3) is 0 Å². The molecule has 0 bridgehead atoms. The number of thioether (sulfide) groups is 1. The number of hydrogen-bond donors (Lipinski definition) is 1. The number of nitrogens with zero attached hydrogens (tertiary/aromatic N) is 3. The number of alkyl halides is 3. The summed E-state index contributed by atoms with van der Waals surface area (Å²) in [4.78, 5) is 8.61. The van der Waals surface area contributed by atoms with Gasteiger partial charge >= 0.3 is 15.5 Å². The second-order valence-electron chi connectivity index (χ2n) is 6.29. The van der Waals surface area contributed by atoms with Gasteiger partial charge in [0.1, 0.15) is 10.8 Å². The van der Waals surface area contributed by atoms with Crippen LogP contribution in [0.2, 0.25) is 0 Å². The highest BCUT2D eigenvalue weighted by Crippen LogP contribution is 2.29. The van der Waals surface area contributed by atoms with Crippen LogP contribution in [0.15, 0.2) is 47.8 Å². The van der Waals surface area contributed by atoms with Crippen molar-refractivity contribution < 1.29 is 21.6 Å². The van der Waals surface area contributed by atoms with Gasteiger partial charge in [0.05, 0.1) is 12.4 Å². The molecule has 0 atom stereocenters. The van der Waals surface area contributed by atoms with Gasteiger partial charge in [-0.25, -0.2) is 13.4 Å². The van der Waals surface area contributed by atoms with E-state index in [-0.39, 0.29) is 32.0 Å². The van der Waals surface area contributed by atoms with Crippen LogP contribution in [0.3, 0.4) is 0 Å². The van der Waals surface area contributed by atoms with E-state index in [0.29, 0.717) is 10.1 Å². The average Bonchev–Trinajstić information content (AvgIpc) is 2.67. The van der Waals surface area contributed by atoms with Gasteiger partial charge in [0.25, 0.3) is 0 Å². The fourth-order valence-corrected chi connectivity index (χ4v) is 4.60. The van der Waals surface area contributed by atoms with E-state index in [0.717, 1.165) is 16.3 Å². The molecular weight excluding hydrogens is 413 g/mol. The summed E-state index contributed by atoms with van der Waals surface area (Å²) in [6.07, 6.45) is 3.72. The quantitative estimate of drug-likeness (QED) is 0.705. The Labute approximate surface area is 165 Å². The smallest absolute Gasteiger partial charge is 0.366 e. The van der Waals surface area contributed by atoms with E-state index in [1.807, 2.05) is 30.3 Å². The van der Waals surface area contributed by atoms with Crippen molar-refractivity contribution >= 4 is 27.6 Å². The van der Waals surface area contributed by atoms with Crippen molar-refractivity contribution in [2.45, 2.75) is 35.2 Å². The Morgan fingerprint density at radius 1 is 1.14 bits per heavy atom. The molecule has 1 saturated heterocycles. The SMILES string of the molecule is O=S(=O)(N1CCC(Nc2cncc(SCc3ccccc3)n2)CC1)C(F)(F)F. The van der Waals surface area contributed by atoms with Gasteiger partial charge < -0.3 is 5.32 Å². The number of aromatic nitrogens is 2. The van der Waals surface area contributed by atoms with E-state index in [1.54, 1.807) is 12.4 Å². The van der Waals surface area contributed by atoms with Crippen molar-refractivity contribution in [1.29, 1.82) is 0 Å². The minimum absolute atomic E-state index is 0.164. The Morgan fingerprint density at radius 2 is 1.82 bits per heavy atom. The van der Waals surface area contributed by atoms with E-state index in [2.05, 4.69) is 15.3 Å². The van der Waals surface area contributed by atoms with E-state index in [9.17, 15) is 21.6 Å². The van der Waals surface area contributed by atoms with E-state index < -0.39 is 15.5 Å². The first-order valence-electron chi connectivity index (χ1n) is 8.57. The molecule has 3 rings (SSSR count). The van der Waals surface area contributed by atoms with Crippen LogP contribution in [0.1, 0.15) is 18.4 Å². The number of sulfonamides is 1. The zero-order chi connectivity index (χ0) is 20.2. The average molecular weight is 432 g/mol. The molecule has 0 saturated carbocycles. The van der Waals surface area contributed by atoms with E-state index in [1.165, 1.54) is 11.8 Å². The van der Waals surface area contributed by atoms with Crippen LogP contribution >= 0.6 is 11.8 Å². The largest absolute Gasteiger partial charge is 0.511 e. The lowest BCUT2D eigenvalue weighted by atomic mass is 10.1. The third-order valence-electron chi connectivity index (χ3n) is 4.28. The molecule has 0 spiro atoms. The molecule has 28 heavy (non-hydrogen) atoms. The summed E-state index contributed by atoms with van der Waals surface area (Å²) in [7, 11) is -5.26. The fourth-order valence-electron chi connectivity index (χ4n) is 2.81. The summed E-state index contributed by atoms with van der Waals surface area (Å²) in [5.74, 6) is 1.27. The number of halogens is 3. The second kappa shape index (κ2) is 8.66. The summed E-state index contributed by atoms with van der Waals surface area (Å²) in [6, 6.07) is 9.75. The van der Waals surface area contributed by atoms with Gasteiger partial charge in [-0.05, 0) is 18.4 Å². The molecule has 0 unspecified atom stereocenters. The zero-order valence-corrected chi connectivity index (χ0v) is 16.4. The highest BCUT2D eigenvalue weighted by molar-refractivity contribution is 7.98. The monoisotopic (exact) mass is 432 g/mol. The Morgan fingerprint density at radius 3 is 2.46 bits per heavy atom. The lowest BCUT2D eigenvalue weighted by Crippen LogP contribution is -2.47. The summed E-state index contributed by atoms with van der Waals surface area (Å²) < 4.78 is 61.3. The molecule has 1 aliphatic rings. The molecule has 152 valence electrons. The molecule has 0 radical (unpaired) electrons. The second-order valence-corrected chi connectivity index (χ2v) is 9.21. The van der Waals surface area contributed by atoms with Gasteiger partial charge in [-0.1, -0.05) is 30.3 Å². The molecule has 1 aliphatic heterocycles. The Kier molecular flexibility index (Phi) is 6.46. The van der Waals surface area contributed by atoms with Crippen molar-refractivity contribution in [1.82, 2.24) is 14.3 Å². The topological polar surface area (TPSA) is 75.2 Å². The molecule has 0 amide bonds. The maximum Gasteiger partial charge on any atom is 0.511 e. The maximum atomic E-state index is 12.6. The first-order chi connectivity index (χ1) is 13.3. The lowest BCUT2D eigenvalue weighted by Gasteiger charge is -2.32. The highest BCUT2D eigenvalue weighted by atomic mass is 32.2. The fraction of sp³-hybridized carbons (Fsp3) is 0.412. The zero-order valence-electron chi connectivity index (χ0n) is 14.8. The van der Waals surface area contributed by atoms with Gasteiger partial charge in [-0.3, -0.25) is 4.98 Å². The minimum Gasteiger partial charge on any atom is -0.366 e. The number of benzene rings is 1. The van der Waals surface area contributed by atoms with Crippen molar-refractivity contribution in [2.75, 3.05) is 18.4 Å². The molecule has 11 heteroatoms. The van der Waals surface area contributed by atoms with Gasteiger partial charge in [0.2, 0.25) is 0 Å². The molecule has 1 N–H and O–H groups in total. The van der Waals surface area contributed by atoms with Crippen LogP contribution in [-0.4, -0.2) is 47.3 Å². The number of rotatable bonds is 6. The molecule has 2 heterocycles. The number of nitrogens with one attached hydrogen (secondary N) is 1. The van der Waals surface area contributed by atoms with Crippen LogP contribution < -0.4 is 5.32 Å². The Hall–Kier alpha value is -1.85. The first-order valence-corrected chi connectivity index (χ1v) is 11.0. The minimum atomic E-state index is -5.26. The predicted octanol–water partition coefficient (Wildman–Crippen LogP) is 3.49. The van der Waals surface area contributed by atoms with Crippen molar-refractivity contribution in [3.8, 4) is 0 Å². The molecule has 1 aromatic carbocycles. The molecule has 6 nitrogen and oxygen atoms in total. The van der Waals surface area contributed by atoms with Gasteiger partial charge in [-0.2, -0.15) is 17.5 Å². The summed E-state index contributed by atoms with van der Waals surface area (Å²) in [5, 5.41) is 3.87. The van der Waals surface area contributed by atoms with Crippen molar-refractivity contribution in [3.05, 3.63) is 48.3 Å². The maximum absolute atomic E-state index is 12.6. The van der Waals surface area contributed by atoms with Crippen LogP contribution in [0, 0.1) is 0 Å². The number of piperidine rings is 1. The normalized spacial score (nSPS) is 16.8. The molecule has 2 aromatic rings. The summed E-state index contributed by atoms with van der Waals surface area (Å²) in [5.41, 5.74) is -4.10. The lowest BCUT2D eigenvalue weighted by molar-refractivity contribution is -0.0494. The van der Waals surface area contributed by atoms with Crippen molar-refractivity contribution in [2.24, 2.45) is 0 Å². The molecule has 0 aliphatic carbocycles. The number of hydrogen-bond acceptors (Lipinski definition) is 6. The highest BCUT2D eigenvalue weighted by Gasteiger charge is 2.50. The van der Waals surface area contributed by atoms with Gasteiger partial charge in [-0.15, -0.1) is 11.8 Å². The van der Waals surface area contributed by atoms with E-state index in [4.69, 9.17) is 0 Å². The molecule has 1 aromatic heterocycles. The van der Waals surface area contributed by atoms with Crippen molar-refractivity contribution in [3.63, 3.8) is 0 Å². The van der Waals surface area contributed by atoms with Crippen LogP contribution in [-0.2, 0) is 15.8 Å². The van der Waals surface area contributed by atoms with Gasteiger partial charge in [0.15, 0.2) is 0 Å². The predicted molar refractivity (Wildman–Crippen MR) is 101 cm³/mol. The third kappa shape index (κ3) is 5.15. The Bertz CT molecular complexity index is 887. The summed E-state index contributed by atoms with van der Waals surface area (Å²) in [6.45, 7) is -0.370. The standard InChI is InChI=1S/C17H19F3N4O2S2/c18-17(19,20)28(25,26)24-8-6-14(7-9-24)22-15-10-21-11-16(23-15)27-12-13-4-2-1-3-5-13/h1-5,10-11,14H,6-9,12H2,(H,22,23). The summed E-state index contributed by atoms with van der Waals surface area (Å²) >= 11 is 1.53. The van der Waals surface area contributed by atoms with E-state index >= 15 is 0 Å².